The van der Waals surface area contributed by atoms with Crippen molar-refractivity contribution in [1.82, 2.24) is 9.97 Å². The van der Waals surface area contributed by atoms with Gasteiger partial charge in [-0.25, -0.2) is 9.97 Å². The summed E-state index contributed by atoms with van der Waals surface area (Å²) >= 11 is 0. The number of aliphatic hydroxyl groups is 1. The summed E-state index contributed by atoms with van der Waals surface area (Å²) in [6.07, 6.45) is 3.42. The number of ether oxygens (including phenoxy) is 2. The van der Waals surface area contributed by atoms with E-state index in [1.54, 1.807) is 13.4 Å². The van der Waals surface area contributed by atoms with Crippen LogP contribution in [0, 0.1) is 5.92 Å². The van der Waals surface area contributed by atoms with Crippen LogP contribution >= 0.6 is 0 Å². The molecule has 1 atom stereocenters. The van der Waals surface area contributed by atoms with Gasteiger partial charge in [0.05, 0.1) is 25.8 Å². The predicted molar refractivity (Wildman–Crippen MR) is 105 cm³/mol. The first-order chi connectivity index (χ1) is 13.3. The average Bonchev–Trinajstić information content (AvgIpc) is 2.71. The molecule has 0 spiro atoms. The maximum atomic E-state index is 9.06. The molecular formula is C21H23N3O3. The van der Waals surface area contributed by atoms with Crippen LogP contribution in [0.1, 0.15) is 11.1 Å². The summed E-state index contributed by atoms with van der Waals surface area (Å²) in [6.45, 7) is 1.20. The topological polar surface area (TPSA) is 76.5 Å². The zero-order chi connectivity index (χ0) is 18.6. The molecular weight excluding hydrogens is 342 g/mol. The van der Waals surface area contributed by atoms with Gasteiger partial charge in [0.1, 0.15) is 12.1 Å². The molecule has 1 aliphatic rings. The van der Waals surface area contributed by atoms with E-state index in [1.807, 2.05) is 18.2 Å². The molecule has 0 bridgehead atoms. The van der Waals surface area contributed by atoms with Crippen LogP contribution in [-0.2, 0) is 12.8 Å². The molecule has 3 aromatic rings. The Hall–Kier alpha value is -2.86. The summed E-state index contributed by atoms with van der Waals surface area (Å²) in [5.74, 6) is 2.83. The van der Waals surface area contributed by atoms with Crippen molar-refractivity contribution in [2.45, 2.75) is 12.8 Å². The summed E-state index contributed by atoms with van der Waals surface area (Å²) in [7, 11) is 1.67. The van der Waals surface area contributed by atoms with Crippen LogP contribution in [0.2, 0.25) is 0 Å². The zero-order valence-electron chi connectivity index (χ0n) is 15.3. The fourth-order valence-corrected chi connectivity index (χ4v) is 3.63. The minimum atomic E-state index is 0.0630. The van der Waals surface area contributed by atoms with Gasteiger partial charge in [0.25, 0.3) is 0 Å². The predicted octanol–water partition coefficient (Wildman–Crippen LogP) is 2.84. The van der Waals surface area contributed by atoms with E-state index in [4.69, 9.17) is 14.6 Å². The summed E-state index contributed by atoms with van der Waals surface area (Å²) in [5.41, 5.74) is 3.31. The lowest BCUT2D eigenvalue weighted by Crippen LogP contribution is -2.23. The lowest BCUT2D eigenvalue weighted by molar-refractivity contribution is 0.211. The van der Waals surface area contributed by atoms with Gasteiger partial charge in [-0.05, 0) is 42.2 Å². The van der Waals surface area contributed by atoms with Crippen molar-refractivity contribution in [2.24, 2.45) is 5.92 Å². The molecule has 1 aromatic heterocycles. The van der Waals surface area contributed by atoms with Crippen LogP contribution in [0.15, 0.2) is 42.7 Å². The number of aliphatic hydroxyl groups excluding tert-OH is 1. The quantitative estimate of drug-likeness (QED) is 0.700. The van der Waals surface area contributed by atoms with Gasteiger partial charge >= 0.3 is 0 Å². The van der Waals surface area contributed by atoms with Gasteiger partial charge in [-0.1, -0.05) is 18.2 Å². The first-order valence-electron chi connectivity index (χ1n) is 9.15. The number of anilines is 1. The van der Waals surface area contributed by atoms with Crippen LogP contribution in [0.3, 0.4) is 0 Å². The van der Waals surface area contributed by atoms with E-state index in [-0.39, 0.29) is 6.61 Å². The number of methoxy groups -OCH3 is 1. The Morgan fingerprint density at radius 3 is 3.04 bits per heavy atom. The Bertz CT molecular complexity index is 945. The van der Waals surface area contributed by atoms with Crippen LogP contribution in [-0.4, -0.2) is 41.9 Å². The number of para-hydroxylation sites is 1. The smallest absolute Gasteiger partial charge is 0.164 e. The molecule has 0 unspecified atom stereocenters. The van der Waals surface area contributed by atoms with E-state index < -0.39 is 0 Å². The number of rotatable bonds is 6. The van der Waals surface area contributed by atoms with E-state index in [0.29, 0.717) is 19.1 Å². The average molecular weight is 365 g/mol. The normalized spacial score (nSPS) is 15.9. The van der Waals surface area contributed by atoms with Crippen LogP contribution in [0.4, 0.5) is 5.82 Å². The van der Waals surface area contributed by atoms with Crippen molar-refractivity contribution in [3.05, 3.63) is 53.9 Å². The first kappa shape index (κ1) is 17.5. The van der Waals surface area contributed by atoms with Crippen molar-refractivity contribution in [2.75, 3.05) is 32.2 Å². The van der Waals surface area contributed by atoms with Crippen molar-refractivity contribution in [3.8, 4) is 11.5 Å². The number of hydrogen-bond donors (Lipinski definition) is 2. The van der Waals surface area contributed by atoms with Gasteiger partial charge in [-0.15, -0.1) is 0 Å². The molecule has 0 amide bonds. The van der Waals surface area contributed by atoms with E-state index in [9.17, 15) is 0 Å². The fourth-order valence-electron chi connectivity index (χ4n) is 3.63. The van der Waals surface area contributed by atoms with Crippen LogP contribution in [0.5, 0.6) is 11.5 Å². The third-order valence-electron chi connectivity index (χ3n) is 4.88. The maximum absolute atomic E-state index is 9.06. The molecule has 27 heavy (non-hydrogen) atoms. The highest BCUT2D eigenvalue weighted by Gasteiger charge is 2.23. The third-order valence-corrected chi connectivity index (χ3v) is 4.88. The molecule has 0 fully saturated rings. The van der Waals surface area contributed by atoms with Crippen molar-refractivity contribution < 1.29 is 14.6 Å². The summed E-state index contributed by atoms with van der Waals surface area (Å²) in [5, 5.41) is 13.2. The van der Waals surface area contributed by atoms with Gasteiger partial charge in [-0.3, -0.25) is 0 Å². The van der Waals surface area contributed by atoms with E-state index >= 15 is 0 Å². The molecule has 2 aromatic carbocycles. The minimum absolute atomic E-state index is 0.0630. The van der Waals surface area contributed by atoms with E-state index in [2.05, 4.69) is 33.5 Å². The van der Waals surface area contributed by atoms with Gasteiger partial charge in [-0.2, -0.15) is 0 Å². The van der Waals surface area contributed by atoms with Crippen LogP contribution < -0.4 is 14.8 Å². The van der Waals surface area contributed by atoms with Crippen molar-refractivity contribution in [1.29, 1.82) is 0 Å². The summed E-state index contributed by atoms with van der Waals surface area (Å²) < 4.78 is 11.4. The van der Waals surface area contributed by atoms with Crippen LogP contribution in [0.25, 0.3) is 10.9 Å². The number of benzene rings is 2. The Morgan fingerprint density at radius 2 is 2.19 bits per heavy atom. The number of nitrogens with zero attached hydrogens (tertiary/aromatic N) is 2. The number of fused-ring (bicyclic) bond motifs is 2. The molecule has 6 heteroatoms. The molecule has 4 rings (SSSR count). The molecule has 0 saturated carbocycles. The molecule has 2 heterocycles. The molecule has 0 saturated heterocycles. The second-order valence-electron chi connectivity index (χ2n) is 6.76. The van der Waals surface area contributed by atoms with E-state index in [0.717, 1.165) is 41.1 Å². The standard InChI is InChI=1S/C21H23N3O3/c1-26-19-4-2-3-16-10-15(12-27-20(16)19)9-14-5-6-18-17(11-14)21(22-7-8-25)24-13-23-18/h2-6,11,13,15,25H,7-10,12H2,1H3,(H,22,23,24)/t15-/m1/s1. The van der Waals surface area contributed by atoms with Gasteiger partial charge in [0, 0.05) is 17.8 Å². The summed E-state index contributed by atoms with van der Waals surface area (Å²) in [6, 6.07) is 12.3. The second kappa shape index (κ2) is 7.80. The lowest BCUT2D eigenvalue weighted by atomic mass is 9.90. The minimum Gasteiger partial charge on any atom is -0.493 e. The monoisotopic (exact) mass is 365 g/mol. The van der Waals surface area contributed by atoms with Crippen molar-refractivity contribution >= 4 is 16.7 Å². The Balaban J connectivity index is 1.55. The molecule has 0 aliphatic carbocycles. The van der Waals surface area contributed by atoms with Gasteiger partial charge < -0.3 is 19.9 Å². The molecule has 6 nitrogen and oxygen atoms in total. The fraction of sp³-hybridized carbons (Fsp3) is 0.333. The third kappa shape index (κ3) is 3.66. The molecule has 1 aliphatic heterocycles. The molecule has 2 N–H and O–H groups in total. The highest BCUT2D eigenvalue weighted by atomic mass is 16.5. The highest BCUT2D eigenvalue weighted by molar-refractivity contribution is 5.89. The largest absolute Gasteiger partial charge is 0.493 e. The number of aromatic nitrogens is 2. The first-order valence-corrected chi connectivity index (χ1v) is 9.15. The highest BCUT2D eigenvalue weighted by Crippen LogP contribution is 2.37. The zero-order valence-corrected chi connectivity index (χ0v) is 15.3. The summed E-state index contributed by atoms with van der Waals surface area (Å²) in [4.78, 5) is 8.64. The number of hydrogen-bond acceptors (Lipinski definition) is 6. The molecule has 140 valence electrons. The Labute approximate surface area is 158 Å². The van der Waals surface area contributed by atoms with E-state index in [1.165, 1.54) is 11.1 Å². The second-order valence-corrected chi connectivity index (χ2v) is 6.76. The maximum Gasteiger partial charge on any atom is 0.164 e. The Kier molecular flexibility index (Phi) is 5.07. The molecule has 0 radical (unpaired) electrons. The Morgan fingerprint density at radius 1 is 1.26 bits per heavy atom. The SMILES string of the molecule is COc1cccc2c1OC[C@H](Cc1ccc3ncnc(NCCO)c3c1)C2. The van der Waals surface area contributed by atoms with Crippen molar-refractivity contribution in [3.63, 3.8) is 0 Å². The lowest BCUT2D eigenvalue weighted by Gasteiger charge is -2.26. The number of nitrogens with one attached hydrogen (secondary N) is 1. The van der Waals surface area contributed by atoms with Gasteiger partial charge in [0.2, 0.25) is 0 Å². The van der Waals surface area contributed by atoms with Gasteiger partial charge in [0.15, 0.2) is 11.5 Å².